The number of piperidine rings is 1. The number of nitrogens with zero attached hydrogens (tertiary/aromatic N) is 1. The van der Waals surface area contributed by atoms with Crippen molar-refractivity contribution in [1.82, 2.24) is 4.90 Å². The zero-order chi connectivity index (χ0) is 15.2. The standard InChI is InChI=1S/C17H21NO3/c1-13-8-9-18(12-16(13)21-2)17(20)15-7-3-5-14(11-15)6-4-10-19/h3,5,7,11,13,16,19H,8-10,12H2,1-2H3. The molecule has 1 heterocycles. The molecule has 1 saturated heterocycles. The Bertz CT molecular complexity index is 559. The van der Waals surface area contributed by atoms with Crippen LogP contribution in [-0.2, 0) is 4.74 Å². The minimum absolute atomic E-state index is 0.0107. The van der Waals surface area contributed by atoms with Gasteiger partial charge in [0.15, 0.2) is 0 Å². The predicted octanol–water partition coefficient (Wildman–Crippen LogP) is 1.53. The third-order valence-corrected chi connectivity index (χ3v) is 3.90. The second-order valence-electron chi connectivity index (χ2n) is 5.33. The normalized spacial score (nSPS) is 21.6. The van der Waals surface area contributed by atoms with Gasteiger partial charge in [0.1, 0.15) is 6.61 Å². The number of aliphatic hydroxyl groups is 1. The van der Waals surface area contributed by atoms with E-state index < -0.39 is 0 Å². The van der Waals surface area contributed by atoms with E-state index in [0.717, 1.165) is 18.5 Å². The number of carbonyl (C=O) groups excluding carboxylic acids is 1. The number of aliphatic hydroxyl groups excluding tert-OH is 1. The van der Waals surface area contributed by atoms with E-state index in [1.165, 1.54) is 0 Å². The van der Waals surface area contributed by atoms with Crippen LogP contribution in [0, 0.1) is 17.8 Å². The summed E-state index contributed by atoms with van der Waals surface area (Å²) in [6, 6.07) is 7.21. The predicted molar refractivity (Wildman–Crippen MR) is 80.9 cm³/mol. The SMILES string of the molecule is COC1CN(C(=O)c2cccc(C#CCO)c2)CCC1C. The molecule has 21 heavy (non-hydrogen) atoms. The van der Waals surface area contributed by atoms with Crippen LogP contribution < -0.4 is 0 Å². The number of rotatable bonds is 2. The van der Waals surface area contributed by atoms with Crippen molar-refractivity contribution in [3.05, 3.63) is 35.4 Å². The van der Waals surface area contributed by atoms with Gasteiger partial charge in [-0.2, -0.15) is 0 Å². The van der Waals surface area contributed by atoms with Crippen LogP contribution >= 0.6 is 0 Å². The summed E-state index contributed by atoms with van der Waals surface area (Å²) < 4.78 is 5.45. The molecule has 4 heteroatoms. The van der Waals surface area contributed by atoms with Gasteiger partial charge in [-0.3, -0.25) is 4.79 Å². The first-order valence-corrected chi connectivity index (χ1v) is 7.17. The fraction of sp³-hybridized carbons (Fsp3) is 0.471. The number of amides is 1. The number of ether oxygens (including phenoxy) is 1. The topological polar surface area (TPSA) is 49.8 Å². The van der Waals surface area contributed by atoms with Crippen molar-refractivity contribution in [3.8, 4) is 11.8 Å². The van der Waals surface area contributed by atoms with Crippen molar-refractivity contribution < 1.29 is 14.6 Å². The molecule has 1 amide bonds. The summed E-state index contributed by atoms with van der Waals surface area (Å²) in [4.78, 5) is 14.4. The third kappa shape index (κ3) is 3.84. The molecule has 0 spiro atoms. The van der Waals surface area contributed by atoms with Gasteiger partial charge in [-0.15, -0.1) is 0 Å². The van der Waals surface area contributed by atoms with E-state index in [1.807, 2.05) is 17.0 Å². The van der Waals surface area contributed by atoms with Crippen molar-refractivity contribution in [2.45, 2.75) is 19.4 Å². The Labute approximate surface area is 125 Å². The number of hydrogen-bond acceptors (Lipinski definition) is 3. The van der Waals surface area contributed by atoms with Crippen molar-refractivity contribution in [3.63, 3.8) is 0 Å². The van der Waals surface area contributed by atoms with Crippen molar-refractivity contribution >= 4 is 5.91 Å². The number of likely N-dealkylation sites (tertiary alicyclic amines) is 1. The highest BCUT2D eigenvalue weighted by atomic mass is 16.5. The van der Waals surface area contributed by atoms with E-state index in [1.54, 1.807) is 19.2 Å². The summed E-state index contributed by atoms with van der Waals surface area (Å²) in [5, 5.41) is 8.73. The molecule has 1 aliphatic rings. The van der Waals surface area contributed by atoms with Crippen molar-refractivity contribution in [2.75, 3.05) is 26.8 Å². The Morgan fingerprint density at radius 2 is 2.33 bits per heavy atom. The summed E-state index contributed by atoms with van der Waals surface area (Å²) in [5.41, 5.74) is 1.37. The second kappa shape index (κ2) is 7.26. The van der Waals surface area contributed by atoms with Crippen molar-refractivity contribution in [1.29, 1.82) is 0 Å². The van der Waals surface area contributed by atoms with E-state index in [-0.39, 0.29) is 18.6 Å². The van der Waals surface area contributed by atoms with Crippen LogP contribution in [0.25, 0.3) is 0 Å². The van der Waals surface area contributed by atoms with E-state index in [4.69, 9.17) is 9.84 Å². The van der Waals surface area contributed by atoms with Crippen LogP contribution in [0.5, 0.6) is 0 Å². The van der Waals surface area contributed by atoms with E-state index in [2.05, 4.69) is 18.8 Å². The van der Waals surface area contributed by atoms with E-state index >= 15 is 0 Å². The Hall–Kier alpha value is -1.83. The number of benzene rings is 1. The lowest BCUT2D eigenvalue weighted by Gasteiger charge is -2.36. The highest BCUT2D eigenvalue weighted by Crippen LogP contribution is 2.21. The zero-order valence-electron chi connectivity index (χ0n) is 12.5. The fourth-order valence-electron chi connectivity index (χ4n) is 2.58. The summed E-state index contributed by atoms with van der Waals surface area (Å²) in [7, 11) is 1.69. The largest absolute Gasteiger partial charge is 0.384 e. The quantitative estimate of drug-likeness (QED) is 0.839. The molecule has 1 N–H and O–H groups in total. The van der Waals surface area contributed by atoms with Gasteiger partial charge in [0.05, 0.1) is 6.10 Å². The molecule has 4 nitrogen and oxygen atoms in total. The van der Waals surface area contributed by atoms with Gasteiger partial charge in [-0.05, 0) is 30.5 Å². The summed E-state index contributed by atoms with van der Waals surface area (Å²) in [6.07, 6.45) is 1.05. The fourth-order valence-corrected chi connectivity index (χ4v) is 2.58. The van der Waals surface area contributed by atoms with Crippen LogP contribution in [-0.4, -0.2) is 48.8 Å². The summed E-state index contributed by atoms with van der Waals surface area (Å²) in [5.74, 6) is 5.90. The molecule has 112 valence electrons. The monoisotopic (exact) mass is 287 g/mol. The molecule has 0 aromatic heterocycles. The second-order valence-corrected chi connectivity index (χ2v) is 5.33. The first-order valence-electron chi connectivity index (χ1n) is 7.17. The van der Waals surface area contributed by atoms with E-state index in [0.29, 0.717) is 18.0 Å². The number of hydrogen-bond donors (Lipinski definition) is 1. The number of methoxy groups -OCH3 is 1. The van der Waals surface area contributed by atoms with Gasteiger partial charge in [-0.25, -0.2) is 0 Å². The molecule has 0 saturated carbocycles. The molecule has 1 aromatic carbocycles. The van der Waals surface area contributed by atoms with Crippen molar-refractivity contribution in [2.24, 2.45) is 5.92 Å². The molecule has 0 radical (unpaired) electrons. The molecule has 1 aromatic rings. The molecule has 0 aliphatic carbocycles. The first kappa shape index (κ1) is 15.6. The maximum absolute atomic E-state index is 12.6. The lowest BCUT2D eigenvalue weighted by Crippen LogP contribution is -2.46. The van der Waals surface area contributed by atoms with Gasteiger partial charge in [0, 0.05) is 31.3 Å². The Morgan fingerprint density at radius 1 is 1.52 bits per heavy atom. The lowest BCUT2D eigenvalue weighted by molar-refractivity contribution is -0.00156. The zero-order valence-corrected chi connectivity index (χ0v) is 12.5. The van der Waals surface area contributed by atoms with Crippen LogP contribution in [0.15, 0.2) is 24.3 Å². The maximum Gasteiger partial charge on any atom is 0.253 e. The molecule has 2 atom stereocenters. The summed E-state index contributed by atoms with van der Waals surface area (Å²) in [6.45, 7) is 3.36. The molecule has 1 aliphatic heterocycles. The minimum Gasteiger partial charge on any atom is -0.384 e. The van der Waals surface area contributed by atoms with Crippen LogP contribution in [0.2, 0.25) is 0 Å². The third-order valence-electron chi connectivity index (χ3n) is 3.90. The molecular weight excluding hydrogens is 266 g/mol. The average molecular weight is 287 g/mol. The Kier molecular flexibility index (Phi) is 5.38. The summed E-state index contributed by atoms with van der Waals surface area (Å²) >= 11 is 0. The van der Waals surface area contributed by atoms with Gasteiger partial charge in [0.25, 0.3) is 5.91 Å². The Balaban J connectivity index is 2.13. The maximum atomic E-state index is 12.6. The lowest BCUT2D eigenvalue weighted by atomic mass is 9.95. The Morgan fingerprint density at radius 3 is 3.05 bits per heavy atom. The molecule has 0 bridgehead atoms. The minimum atomic E-state index is -0.183. The van der Waals surface area contributed by atoms with E-state index in [9.17, 15) is 4.79 Å². The number of carbonyl (C=O) groups is 1. The molecule has 2 rings (SSSR count). The van der Waals surface area contributed by atoms with Crippen LogP contribution in [0.1, 0.15) is 29.3 Å². The molecular formula is C17H21NO3. The van der Waals surface area contributed by atoms with Gasteiger partial charge < -0.3 is 14.7 Å². The smallest absolute Gasteiger partial charge is 0.253 e. The van der Waals surface area contributed by atoms with Crippen LogP contribution in [0.4, 0.5) is 0 Å². The van der Waals surface area contributed by atoms with Gasteiger partial charge in [0.2, 0.25) is 0 Å². The highest BCUT2D eigenvalue weighted by molar-refractivity contribution is 5.94. The molecule has 1 fully saturated rings. The first-order chi connectivity index (χ1) is 10.2. The molecule has 2 unspecified atom stereocenters. The van der Waals surface area contributed by atoms with Gasteiger partial charge in [-0.1, -0.05) is 24.8 Å². The van der Waals surface area contributed by atoms with Crippen LogP contribution in [0.3, 0.4) is 0 Å². The van der Waals surface area contributed by atoms with Gasteiger partial charge >= 0.3 is 0 Å². The highest BCUT2D eigenvalue weighted by Gasteiger charge is 2.29. The average Bonchev–Trinajstić information content (AvgIpc) is 2.53.